The number of halogens is 4. The monoisotopic (exact) mass is 298 g/mol. The predicted molar refractivity (Wildman–Crippen MR) is 64.2 cm³/mol. The van der Waals surface area contributed by atoms with Gasteiger partial charge in [-0.2, -0.15) is 0 Å². The maximum Gasteiger partial charge on any atom is 0.573 e. The summed E-state index contributed by atoms with van der Waals surface area (Å²) in [7, 11) is 0. The molecule has 1 unspecified atom stereocenters. The average molecular weight is 299 g/mol. The molecule has 0 N–H and O–H groups in total. The van der Waals surface area contributed by atoms with E-state index in [4.69, 9.17) is 11.6 Å². The molecule has 100 valence electrons. The van der Waals surface area contributed by atoms with Gasteiger partial charge in [-0.25, -0.2) is 0 Å². The van der Waals surface area contributed by atoms with Crippen LogP contribution in [0, 0.1) is 0 Å². The Morgan fingerprint density at radius 3 is 2.44 bits per heavy atom. The second kappa shape index (κ2) is 5.84. The van der Waals surface area contributed by atoms with Crippen LogP contribution in [0.2, 0.25) is 0 Å². The molecule has 0 saturated carbocycles. The highest BCUT2D eigenvalue weighted by Crippen LogP contribution is 2.32. The van der Waals surface area contributed by atoms with Gasteiger partial charge < -0.3 is 4.74 Å². The Morgan fingerprint density at radius 1 is 1.39 bits per heavy atom. The molecule has 0 heterocycles. The molecule has 1 aromatic carbocycles. The highest BCUT2D eigenvalue weighted by Gasteiger charge is 2.31. The van der Waals surface area contributed by atoms with Crippen LogP contribution in [-0.4, -0.2) is 18.4 Å². The van der Waals surface area contributed by atoms with E-state index in [9.17, 15) is 18.0 Å². The second-order valence-electron chi connectivity index (χ2n) is 3.46. The maximum absolute atomic E-state index is 12.1. The Morgan fingerprint density at radius 2 is 2.00 bits per heavy atom. The zero-order valence-electron chi connectivity index (χ0n) is 9.55. The molecule has 0 spiro atoms. The molecule has 7 heteroatoms. The third-order valence-electron chi connectivity index (χ3n) is 2.02. The van der Waals surface area contributed by atoms with Crippen molar-refractivity contribution in [2.75, 3.05) is 6.26 Å². The van der Waals surface area contributed by atoms with Gasteiger partial charge in [0.2, 0.25) is 0 Å². The summed E-state index contributed by atoms with van der Waals surface area (Å²) in [5.41, 5.74) is 0.287. The smallest absolute Gasteiger partial charge is 0.406 e. The zero-order valence-corrected chi connectivity index (χ0v) is 11.1. The fourth-order valence-electron chi connectivity index (χ4n) is 1.29. The van der Waals surface area contributed by atoms with Crippen LogP contribution < -0.4 is 4.74 Å². The third-order valence-corrected chi connectivity index (χ3v) is 3.29. The zero-order chi connectivity index (χ0) is 13.9. The normalized spacial score (nSPS) is 13.2. The summed E-state index contributed by atoms with van der Waals surface area (Å²) in [6.07, 6.45) is -3.07. The Balaban J connectivity index is 3.13. The van der Waals surface area contributed by atoms with Gasteiger partial charge in [0, 0.05) is 4.90 Å². The first-order valence-electron chi connectivity index (χ1n) is 4.82. The number of thioether (sulfide) groups is 1. The van der Waals surface area contributed by atoms with Crippen molar-refractivity contribution in [1.29, 1.82) is 0 Å². The van der Waals surface area contributed by atoms with Crippen LogP contribution in [0.4, 0.5) is 13.2 Å². The minimum Gasteiger partial charge on any atom is -0.406 e. The Kier molecular flexibility index (Phi) is 4.92. The second-order valence-corrected chi connectivity index (χ2v) is 4.78. The van der Waals surface area contributed by atoms with E-state index in [0.717, 1.165) is 6.07 Å². The van der Waals surface area contributed by atoms with Crippen molar-refractivity contribution < 1.29 is 22.7 Å². The Labute approximate surface area is 111 Å². The number of rotatable bonds is 4. The molecule has 0 radical (unpaired) electrons. The van der Waals surface area contributed by atoms with E-state index >= 15 is 0 Å². The molecule has 2 nitrogen and oxygen atoms in total. The first kappa shape index (κ1) is 15.2. The molecule has 18 heavy (non-hydrogen) atoms. The van der Waals surface area contributed by atoms with E-state index < -0.39 is 11.7 Å². The van der Waals surface area contributed by atoms with Gasteiger partial charge in [-0.3, -0.25) is 4.79 Å². The summed E-state index contributed by atoms with van der Waals surface area (Å²) in [6.45, 7) is 1.27. The molecule has 0 aromatic heterocycles. The Hall–Kier alpha value is -0.880. The van der Waals surface area contributed by atoms with Crippen LogP contribution >= 0.6 is 23.4 Å². The Bertz CT molecular complexity index is 448. The van der Waals surface area contributed by atoms with Gasteiger partial charge in [0.25, 0.3) is 0 Å². The molecule has 0 aliphatic heterocycles. The van der Waals surface area contributed by atoms with Gasteiger partial charge in [-0.15, -0.1) is 36.5 Å². The molecule has 0 aliphatic rings. The molecule has 1 rings (SSSR count). The first-order valence-corrected chi connectivity index (χ1v) is 6.48. The lowest BCUT2D eigenvalue weighted by molar-refractivity contribution is -0.274. The minimum absolute atomic E-state index is 0.287. The van der Waals surface area contributed by atoms with E-state index in [1.807, 2.05) is 0 Å². The van der Waals surface area contributed by atoms with Gasteiger partial charge >= 0.3 is 6.36 Å². The number of carbonyl (C=O) groups excluding carboxylic acids is 1. The van der Waals surface area contributed by atoms with Crippen LogP contribution in [-0.2, 0) is 4.79 Å². The quantitative estimate of drug-likeness (QED) is 0.616. The number of ether oxygens (including phenoxy) is 1. The summed E-state index contributed by atoms with van der Waals surface area (Å²) in [5, 5.41) is -0.979. The van der Waals surface area contributed by atoms with Crippen LogP contribution in [0.3, 0.4) is 0 Å². The van der Waals surface area contributed by atoms with Crippen molar-refractivity contribution in [3.8, 4) is 5.75 Å². The number of benzene rings is 1. The van der Waals surface area contributed by atoms with E-state index in [-0.39, 0.29) is 17.1 Å². The van der Waals surface area contributed by atoms with Gasteiger partial charge in [-0.1, -0.05) is 0 Å². The SMILES string of the molecule is CSc1cc(OC(F)(F)F)cc(C(Cl)C(C)=O)c1. The largest absolute Gasteiger partial charge is 0.573 e. The molecular formula is C11H10ClF3O2S. The van der Waals surface area contributed by atoms with Crippen LogP contribution in [0.5, 0.6) is 5.75 Å². The molecule has 1 aromatic rings. The van der Waals surface area contributed by atoms with Crippen molar-refractivity contribution in [3.05, 3.63) is 23.8 Å². The van der Waals surface area contributed by atoms with Crippen molar-refractivity contribution >= 4 is 29.1 Å². The average Bonchev–Trinajstić information content (AvgIpc) is 2.24. The fraction of sp³-hybridized carbons (Fsp3) is 0.364. The number of alkyl halides is 4. The lowest BCUT2D eigenvalue weighted by atomic mass is 10.1. The van der Waals surface area contributed by atoms with Crippen molar-refractivity contribution in [3.63, 3.8) is 0 Å². The predicted octanol–water partition coefficient (Wildman–Crippen LogP) is 4.18. The van der Waals surface area contributed by atoms with E-state index in [1.54, 1.807) is 12.3 Å². The third kappa shape index (κ3) is 4.42. The summed E-state index contributed by atoms with van der Waals surface area (Å²) in [4.78, 5) is 11.7. The number of hydrogen-bond acceptors (Lipinski definition) is 3. The summed E-state index contributed by atoms with van der Waals surface area (Å²) >= 11 is 7.05. The molecule has 0 amide bonds. The highest BCUT2D eigenvalue weighted by atomic mass is 35.5. The number of hydrogen-bond donors (Lipinski definition) is 0. The number of Topliss-reactive ketones (excluding diaryl/α,β-unsaturated/α-hetero) is 1. The molecule has 0 aliphatic carbocycles. The lowest BCUT2D eigenvalue weighted by Crippen LogP contribution is -2.17. The van der Waals surface area contributed by atoms with E-state index in [1.165, 1.54) is 24.8 Å². The summed E-state index contributed by atoms with van der Waals surface area (Å²) in [5.74, 6) is -0.718. The van der Waals surface area contributed by atoms with Gasteiger partial charge in [0.1, 0.15) is 11.1 Å². The summed E-state index contributed by atoms with van der Waals surface area (Å²) in [6, 6.07) is 3.92. The van der Waals surface area contributed by atoms with E-state index in [2.05, 4.69) is 4.74 Å². The van der Waals surface area contributed by atoms with Gasteiger partial charge in [-0.05, 0) is 36.9 Å². The van der Waals surface area contributed by atoms with Gasteiger partial charge in [0.05, 0.1) is 0 Å². The van der Waals surface area contributed by atoms with Crippen molar-refractivity contribution in [2.24, 2.45) is 0 Å². The fourth-order valence-corrected chi connectivity index (χ4v) is 1.90. The minimum atomic E-state index is -4.77. The lowest BCUT2D eigenvalue weighted by Gasteiger charge is -2.13. The molecule has 1 atom stereocenters. The number of carbonyl (C=O) groups is 1. The van der Waals surface area contributed by atoms with Crippen LogP contribution in [0.15, 0.2) is 23.1 Å². The highest BCUT2D eigenvalue weighted by molar-refractivity contribution is 7.98. The topological polar surface area (TPSA) is 26.3 Å². The first-order chi connectivity index (χ1) is 8.23. The molecule has 0 fully saturated rings. The van der Waals surface area contributed by atoms with E-state index in [0.29, 0.717) is 4.90 Å². The van der Waals surface area contributed by atoms with Crippen molar-refractivity contribution in [2.45, 2.75) is 23.6 Å². The molecular weight excluding hydrogens is 289 g/mol. The van der Waals surface area contributed by atoms with Crippen LogP contribution in [0.25, 0.3) is 0 Å². The van der Waals surface area contributed by atoms with Crippen molar-refractivity contribution in [1.82, 2.24) is 0 Å². The van der Waals surface area contributed by atoms with Crippen LogP contribution in [0.1, 0.15) is 17.9 Å². The molecule has 0 bridgehead atoms. The standard InChI is InChI=1S/C11H10ClF3O2S/c1-6(16)10(12)7-3-8(17-11(13,14)15)5-9(4-7)18-2/h3-5,10H,1-2H3. The number of ketones is 1. The summed E-state index contributed by atoms with van der Waals surface area (Å²) < 4.78 is 40.2. The molecule has 0 saturated heterocycles. The maximum atomic E-state index is 12.1. The van der Waals surface area contributed by atoms with Gasteiger partial charge in [0.15, 0.2) is 5.78 Å².